The Balaban J connectivity index is 0.000000650. The molecular weight excluding hydrogens is 1570 g/mol. The molecule has 5 heterocycles. The average molecular weight is 1680 g/mol. The first-order valence-electron chi connectivity index (χ1n) is 34.8. The Morgan fingerprint density at radius 3 is 1.34 bits per heavy atom. The van der Waals surface area contributed by atoms with Crippen molar-refractivity contribution in [1.29, 1.82) is 0 Å². The number of benzene rings is 5. The number of anilines is 7. The highest BCUT2D eigenvalue weighted by Crippen LogP contribution is 2.32. The van der Waals surface area contributed by atoms with Crippen LogP contribution in [-0.4, -0.2) is 234 Å². The molecule has 6 aromatic rings. The van der Waals surface area contributed by atoms with Gasteiger partial charge in [0, 0.05) is 221 Å². The minimum atomic E-state index is -0.383. The summed E-state index contributed by atoms with van der Waals surface area (Å²) in [6, 6.07) is 38.7. The van der Waals surface area contributed by atoms with Crippen LogP contribution < -0.4 is 46.3 Å². The number of alkyl halides is 1. The Labute approximate surface area is 675 Å². The van der Waals surface area contributed by atoms with Gasteiger partial charge in [0.2, 0.25) is 11.2 Å². The minimum Gasteiger partial charge on any atom is -0.490 e. The third kappa shape index (κ3) is 34.5. The van der Waals surface area contributed by atoms with E-state index in [0.717, 1.165) is 147 Å². The van der Waals surface area contributed by atoms with E-state index < -0.39 is 0 Å². The van der Waals surface area contributed by atoms with Crippen molar-refractivity contribution in [1.82, 2.24) is 29.6 Å². The molecule has 0 spiro atoms. The first kappa shape index (κ1) is 97.7. The summed E-state index contributed by atoms with van der Waals surface area (Å²) in [5.74, 6) is 0.685. The van der Waals surface area contributed by atoms with Crippen molar-refractivity contribution in [2.45, 2.75) is 77.5 Å². The summed E-state index contributed by atoms with van der Waals surface area (Å²) in [5, 5.41) is 27.4. The summed E-state index contributed by atoms with van der Waals surface area (Å²) in [6.07, 6.45) is 7.24. The van der Waals surface area contributed by atoms with Gasteiger partial charge in [-0.3, -0.25) is 44.6 Å². The Bertz CT molecular complexity index is 3310. The van der Waals surface area contributed by atoms with Crippen molar-refractivity contribution in [3.8, 4) is 17.4 Å². The van der Waals surface area contributed by atoms with Gasteiger partial charge in [0.1, 0.15) is 5.75 Å². The van der Waals surface area contributed by atoms with Crippen molar-refractivity contribution in [2.75, 3.05) is 201 Å². The van der Waals surface area contributed by atoms with Crippen LogP contribution in [0.25, 0.3) is 0 Å². The number of rotatable bonds is 30. The zero-order valence-electron chi connectivity index (χ0n) is 63.0. The number of likely N-dealkylation sites (N-methyl/N-ethyl adjacent to an activating group) is 3. The number of carbonyl (C=O) groups excluding carboxylic acids is 1. The first-order chi connectivity index (χ1) is 49.4. The number of methoxy groups -OCH3 is 5. The second-order valence-electron chi connectivity index (χ2n) is 24.4. The molecule has 0 aliphatic carbocycles. The lowest BCUT2D eigenvalue weighted by Crippen LogP contribution is -2.38. The van der Waals surface area contributed by atoms with Crippen LogP contribution in [0, 0.1) is 20.2 Å². The molecule has 106 heavy (non-hydrogen) atoms. The predicted octanol–water partition coefficient (Wildman–Crippen LogP) is 12.4. The van der Waals surface area contributed by atoms with Gasteiger partial charge in [-0.05, 0) is 153 Å². The van der Waals surface area contributed by atoms with E-state index in [9.17, 15) is 25.0 Å². The highest BCUT2D eigenvalue weighted by molar-refractivity contribution is 14.1. The zero-order valence-corrected chi connectivity index (χ0v) is 69.9. The smallest absolute Gasteiger partial charge is 0.269 e. The standard InChI is InChI=1S/C15H23N3O3.2C15H25N3O.C14H12ClN3O3.C13H19N3O3.C2H5I.4H2S/c1-3-17(13-4-6-14(7-5-13)18(19)20)15-8-9-16(12-15)10-11-21-2;2*1-3-18(14-6-4-13(16)5-7-14)15-8-9-17(12-15)10-11-19-2;1-3-12(19)17-9-5-4-6-10(7-9)21-13-11(20-2)8-16-14(15)18-13;1-19-9-8-15-7-6-12(10-15)14-11-2-4-13(5-3-11)16(17)18;1-2-3;;;;/h4-7,15H,3,8-12H2,1-2H3;2*4-7,15H,3,8-12,16H2,1-2H3;3-8H,1H2,2H3,(H,17,19);2-5,12,14H,6-10H2,1H3;2H2,1H3;4*1H2/t3*15-;;12-;;;;;/m000.0...../s1. The third-order valence-corrected chi connectivity index (χ3v) is 17.7. The molecule has 0 radical (unpaired) electrons. The molecule has 10 rings (SSSR count). The molecule has 1 aromatic heterocycles. The van der Waals surface area contributed by atoms with E-state index in [1.54, 1.807) is 77.0 Å². The summed E-state index contributed by atoms with van der Waals surface area (Å²) in [4.78, 5) is 56.6. The molecule has 0 bridgehead atoms. The van der Waals surface area contributed by atoms with E-state index >= 15 is 0 Å². The van der Waals surface area contributed by atoms with Gasteiger partial charge in [0.25, 0.3) is 17.3 Å². The molecule has 0 saturated carbocycles. The molecule has 1 amide bonds. The van der Waals surface area contributed by atoms with E-state index in [1.165, 1.54) is 73.2 Å². The number of aromatic nitrogens is 2. The van der Waals surface area contributed by atoms with E-state index in [4.69, 9.17) is 51.5 Å². The lowest BCUT2D eigenvalue weighted by Gasteiger charge is -2.30. The maximum absolute atomic E-state index is 11.3. The second kappa shape index (κ2) is 55.1. The van der Waals surface area contributed by atoms with Crippen molar-refractivity contribution < 1.29 is 43.1 Å². The Hall–Kier alpha value is -6.31. The lowest BCUT2D eigenvalue weighted by atomic mass is 10.2. The molecular formula is C74H117ClIN15O11S4. The highest BCUT2D eigenvalue weighted by atomic mass is 127. The van der Waals surface area contributed by atoms with Crippen LogP contribution in [0.15, 0.2) is 140 Å². The fourth-order valence-electron chi connectivity index (χ4n) is 12.3. The molecule has 4 saturated heterocycles. The van der Waals surface area contributed by atoms with Gasteiger partial charge in [0.15, 0.2) is 5.75 Å². The number of nitro groups is 2. The van der Waals surface area contributed by atoms with E-state index in [0.29, 0.717) is 41.4 Å². The Morgan fingerprint density at radius 1 is 0.594 bits per heavy atom. The van der Waals surface area contributed by atoms with E-state index in [-0.39, 0.29) is 92.3 Å². The van der Waals surface area contributed by atoms with Crippen LogP contribution in [0.5, 0.6) is 17.4 Å². The number of nitro benzene ring substituents is 2. The minimum absolute atomic E-state index is 0. The molecule has 26 nitrogen and oxygen atoms in total. The SMILES string of the molecule is C=CC(=O)Nc1cccc(Oc2nc(Cl)ncc2OC)c1.CCI.CCN(c1ccc(N)cc1)[C@H]1CCN(CCOC)C1.CCN(c1ccc(N)cc1)[C@H]1CCN(CCOC)C1.CCN(c1ccc([N+](=O)[O-])cc1)[C@H]1CCN(CCOC)C1.COCCN1CC[C@H](Nc2ccc([N+](=O)[O-])cc2)C1.S.S.S.S. The van der Waals surface area contributed by atoms with Gasteiger partial charge in [-0.15, -0.1) is 0 Å². The number of nitrogens with two attached hydrogens (primary N) is 2. The molecule has 32 heteroatoms. The number of hydrogen-bond acceptors (Lipinski definition) is 23. The number of nitrogens with one attached hydrogen (secondary N) is 2. The second-order valence-corrected chi connectivity index (χ2v) is 26.2. The molecule has 0 unspecified atom stereocenters. The maximum Gasteiger partial charge on any atom is 0.269 e. The number of halogens is 2. The largest absolute Gasteiger partial charge is 0.490 e. The van der Waals surface area contributed by atoms with Crippen molar-refractivity contribution in [2.24, 2.45) is 0 Å². The molecule has 5 aromatic carbocycles. The van der Waals surface area contributed by atoms with Crippen LogP contribution in [0.1, 0.15) is 53.4 Å². The number of hydrogen-bond donors (Lipinski definition) is 4. The normalized spacial score (nSPS) is 16.4. The zero-order chi connectivity index (χ0) is 74.2. The summed E-state index contributed by atoms with van der Waals surface area (Å²) in [5.41, 5.74) is 18.5. The summed E-state index contributed by atoms with van der Waals surface area (Å²) in [6.45, 7) is 30.9. The molecule has 4 fully saturated rings. The molecule has 4 aliphatic rings. The average Bonchev–Trinajstić information content (AvgIpc) is 1.37. The molecule has 592 valence electrons. The van der Waals surface area contributed by atoms with Crippen LogP contribution in [0.2, 0.25) is 5.28 Å². The first-order valence-corrected chi connectivity index (χ1v) is 36.7. The quantitative estimate of drug-likeness (QED) is 0.00620. The summed E-state index contributed by atoms with van der Waals surface area (Å²) < 4.78 is 32.4. The number of carbonyl (C=O) groups is 1. The summed E-state index contributed by atoms with van der Waals surface area (Å²) >= 11 is 8.02. The number of ether oxygens (including phenoxy) is 6. The highest BCUT2D eigenvalue weighted by Gasteiger charge is 2.30. The van der Waals surface area contributed by atoms with Crippen LogP contribution >= 0.6 is 88.2 Å². The monoisotopic (exact) mass is 1680 g/mol. The Kier molecular flexibility index (Phi) is 50.8. The number of amides is 1. The van der Waals surface area contributed by atoms with Gasteiger partial charge in [0.05, 0.1) is 49.6 Å². The molecule has 4 atom stereocenters. The fourth-order valence-corrected chi connectivity index (χ4v) is 12.4. The fraction of sp³-hybridized carbons (Fsp3) is 0.500. The number of likely N-dealkylation sites (tertiary alicyclic amines) is 4. The van der Waals surface area contributed by atoms with Crippen LogP contribution in [0.4, 0.5) is 51.2 Å². The van der Waals surface area contributed by atoms with Gasteiger partial charge in [-0.2, -0.15) is 59.0 Å². The van der Waals surface area contributed by atoms with E-state index in [2.05, 4.69) is 136 Å². The third-order valence-electron chi connectivity index (χ3n) is 17.5. The Morgan fingerprint density at radius 2 is 0.972 bits per heavy atom. The van der Waals surface area contributed by atoms with Crippen molar-refractivity contribution in [3.05, 3.63) is 166 Å². The lowest BCUT2D eigenvalue weighted by molar-refractivity contribution is -0.385. The maximum atomic E-state index is 11.3. The topological polar surface area (TPSA) is 283 Å². The molecule has 6 N–H and O–H groups in total. The van der Waals surface area contributed by atoms with E-state index in [1.807, 2.05) is 36.4 Å². The molecule has 4 aliphatic heterocycles. The van der Waals surface area contributed by atoms with Gasteiger partial charge >= 0.3 is 0 Å². The van der Waals surface area contributed by atoms with Gasteiger partial charge in [-0.25, -0.2) is 4.98 Å². The predicted molar refractivity (Wildman–Crippen MR) is 462 cm³/mol. The summed E-state index contributed by atoms with van der Waals surface area (Å²) in [7, 11) is 8.44. The van der Waals surface area contributed by atoms with Gasteiger partial charge in [-0.1, -0.05) is 42.2 Å². The number of nitrogen functional groups attached to an aromatic ring is 2. The van der Waals surface area contributed by atoms with Gasteiger partial charge < -0.3 is 65.2 Å². The van der Waals surface area contributed by atoms with Crippen LogP contribution in [0.3, 0.4) is 0 Å². The number of nitrogens with zero attached hydrogens (tertiary/aromatic N) is 11. The van der Waals surface area contributed by atoms with Crippen LogP contribution in [-0.2, 0) is 23.7 Å². The number of non-ortho nitro benzene ring substituents is 2. The van der Waals surface area contributed by atoms with Crippen molar-refractivity contribution >= 4 is 145 Å². The van der Waals surface area contributed by atoms with Crippen molar-refractivity contribution in [3.63, 3.8) is 0 Å².